The molecular weight excluding hydrogens is 174 g/mol. The first-order valence-corrected chi connectivity index (χ1v) is 5.81. The van der Waals surface area contributed by atoms with E-state index in [0.717, 1.165) is 25.7 Å². The Bertz CT molecular complexity index is 162. The molecule has 0 atom stereocenters. The molecule has 1 saturated carbocycles. The van der Waals surface area contributed by atoms with Crippen LogP contribution in [0.1, 0.15) is 40.5 Å². The van der Waals surface area contributed by atoms with Crippen LogP contribution < -0.4 is 5.32 Å². The summed E-state index contributed by atoms with van der Waals surface area (Å²) in [6.07, 6.45) is 2.76. The number of ether oxygens (including phenoxy) is 1. The molecule has 1 fully saturated rings. The maximum atomic E-state index is 5.71. The van der Waals surface area contributed by atoms with E-state index in [1.54, 1.807) is 0 Å². The van der Waals surface area contributed by atoms with Crippen LogP contribution in [-0.4, -0.2) is 25.8 Å². The van der Waals surface area contributed by atoms with E-state index in [1.165, 1.54) is 12.8 Å². The van der Waals surface area contributed by atoms with Crippen LogP contribution >= 0.6 is 0 Å². The van der Waals surface area contributed by atoms with Crippen molar-refractivity contribution < 1.29 is 4.74 Å². The Morgan fingerprint density at radius 1 is 1.36 bits per heavy atom. The lowest BCUT2D eigenvalue weighted by atomic mass is 9.94. The lowest BCUT2D eigenvalue weighted by Crippen LogP contribution is -2.36. The summed E-state index contributed by atoms with van der Waals surface area (Å²) in [6.45, 7) is 11.8. The largest absolute Gasteiger partial charge is 0.381 e. The summed E-state index contributed by atoms with van der Waals surface area (Å²) in [6, 6.07) is 0.567. The molecule has 0 aromatic heterocycles. The second-order valence-electron chi connectivity index (χ2n) is 5.66. The highest BCUT2D eigenvalue weighted by molar-refractivity contribution is 4.75. The molecule has 0 aliphatic heterocycles. The zero-order valence-electron chi connectivity index (χ0n) is 10.1. The molecule has 0 aromatic rings. The molecule has 0 saturated heterocycles. The van der Waals surface area contributed by atoms with Crippen LogP contribution in [0.3, 0.4) is 0 Å². The summed E-state index contributed by atoms with van der Waals surface area (Å²) in [5.41, 5.74) is 0.263. The summed E-state index contributed by atoms with van der Waals surface area (Å²) < 4.78 is 5.71. The van der Waals surface area contributed by atoms with E-state index in [1.807, 2.05) is 0 Å². The molecule has 0 spiro atoms. The van der Waals surface area contributed by atoms with Crippen LogP contribution in [0.25, 0.3) is 0 Å². The predicted molar refractivity (Wildman–Crippen MR) is 60.5 cm³/mol. The first-order chi connectivity index (χ1) is 6.49. The van der Waals surface area contributed by atoms with Gasteiger partial charge in [-0.2, -0.15) is 0 Å². The van der Waals surface area contributed by atoms with Gasteiger partial charge < -0.3 is 10.1 Å². The summed E-state index contributed by atoms with van der Waals surface area (Å²) in [5.74, 6) is 0.879. The molecule has 0 bridgehead atoms. The first-order valence-electron chi connectivity index (χ1n) is 5.81. The van der Waals surface area contributed by atoms with Crippen molar-refractivity contribution in [2.45, 2.75) is 46.6 Å². The molecule has 0 amide bonds. The third kappa shape index (κ3) is 5.61. The molecule has 14 heavy (non-hydrogen) atoms. The summed E-state index contributed by atoms with van der Waals surface area (Å²) in [4.78, 5) is 0. The number of nitrogens with one attached hydrogen (secondary N) is 1. The average Bonchev–Trinajstić information content (AvgIpc) is 2.85. The van der Waals surface area contributed by atoms with E-state index in [2.05, 4.69) is 33.0 Å². The predicted octanol–water partition coefficient (Wildman–Crippen LogP) is 2.44. The Balaban J connectivity index is 2.05. The lowest BCUT2D eigenvalue weighted by molar-refractivity contribution is 0.0548. The van der Waals surface area contributed by atoms with E-state index in [0.29, 0.717) is 6.04 Å². The van der Waals surface area contributed by atoms with Gasteiger partial charge in [0, 0.05) is 24.6 Å². The molecule has 2 heteroatoms. The highest BCUT2D eigenvalue weighted by Gasteiger charge is 2.23. The normalized spacial score (nSPS) is 17.8. The van der Waals surface area contributed by atoms with Crippen LogP contribution in [0.15, 0.2) is 0 Å². The Labute approximate surface area is 88.4 Å². The van der Waals surface area contributed by atoms with Crippen molar-refractivity contribution in [2.75, 3.05) is 19.8 Å². The SMILES string of the molecule is CC(C)NCC(C)(C)COCC1CC1. The van der Waals surface area contributed by atoms with Crippen molar-refractivity contribution in [3.8, 4) is 0 Å². The molecule has 1 N–H and O–H groups in total. The third-order valence-corrected chi connectivity index (χ3v) is 2.53. The van der Waals surface area contributed by atoms with E-state index < -0.39 is 0 Å². The zero-order chi connectivity index (χ0) is 10.6. The molecule has 1 aliphatic carbocycles. The van der Waals surface area contributed by atoms with E-state index >= 15 is 0 Å². The zero-order valence-corrected chi connectivity index (χ0v) is 10.1. The molecule has 1 aliphatic rings. The van der Waals surface area contributed by atoms with Gasteiger partial charge in [-0.25, -0.2) is 0 Å². The van der Waals surface area contributed by atoms with Crippen molar-refractivity contribution in [2.24, 2.45) is 11.3 Å². The average molecular weight is 199 g/mol. The Hall–Kier alpha value is -0.0800. The third-order valence-electron chi connectivity index (χ3n) is 2.53. The van der Waals surface area contributed by atoms with Crippen LogP contribution in [-0.2, 0) is 4.74 Å². The van der Waals surface area contributed by atoms with Gasteiger partial charge in [-0.05, 0) is 18.8 Å². The molecule has 84 valence electrons. The van der Waals surface area contributed by atoms with Gasteiger partial charge in [-0.3, -0.25) is 0 Å². The van der Waals surface area contributed by atoms with Crippen LogP contribution in [0.5, 0.6) is 0 Å². The van der Waals surface area contributed by atoms with Crippen molar-refractivity contribution in [3.63, 3.8) is 0 Å². The first kappa shape index (κ1) is 12.0. The van der Waals surface area contributed by atoms with Crippen LogP contribution in [0.2, 0.25) is 0 Å². The molecule has 0 unspecified atom stereocenters. The van der Waals surface area contributed by atoms with Gasteiger partial charge >= 0.3 is 0 Å². The minimum atomic E-state index is 0.263. The van der Waals surface area contributed by atoms with Crippen molar-refractivity contribution >= 4 is 0 Å². The van der Waals surface area contributed by atoms with Crippen LogP contribution in [0, 0.1) is 11.3 Å². The fourth-order valence-corrected chi connectivity index (χ4v) is 1.32. The lowest BCUT2D eigenvalue weighted by Gasteiger charge is -2.26. The van der Waals surface area contributed by atoms with Gasteiger partial charge in [0.1, 0.15) is 0 Å². The standard InChI is InChI=1S/C12H25NO/c1-10(2)13-8-12(3,4)9-14-7-11-5-6-11/h10-11,13H,5-9H2,1-4H3. The van der Waals surface area contributed by atoms with Crippen molar-refractivity contribution in [3.05, 3.63) is 0 Å². The van der Waals surface area contributed by atoms with Crippen molar-refractivity contribution in [1.29, 1.82) is 0 Å². The fraction of sp³-hybridized carbons (Fsp3) is 1.00. The second kappa shape index (κ2) is 5.13. The maximum Gasteiger partial charge on any atom is 0.0529 e. The van der Waals surface area contributed by atoms with E-state index in [4.69, 9.17) is 4.74 Å². The van der Waals surface area contributed by atoms with Gasteiger partial charge in [0.05, 0.1) is 6.61 Å². The molecule has 1 rings (SSSR count). The van der Waals surface area contributed by atoms with Crippen LogP contribution in [0.4, 0.5) is 0 Å². The Morgan fingerprint density at radius 2 is 2.00 bits per heavy atom. The number of hydrogen-bond acceptors (Lipinski definition) is 2. The van der Waals surface area contributed by atoms with E-state index in [9.17, 15) is 0 Å². The number of hydrogen-bond donors (Lipinski definition) is 1. The molecular formula is C12H25NO. The monoisotopic (exact) mass is 199 g/mol. The molecule has 0 radical (unpaired) electrons. The second-order valence-corrected chi connectivity index (χ2v) is 5.66. The molecule has 0 heterocycles. The van der Waals surface area contributed by atoms with Crippen molar-refractivity contribution in [1.82, 2.24) is 5.32 Å². The highest BCUT2D eigenvalue weighted by atomic mass is 16.5. The van der Waals surface area contributed by atoms with Gasteiger partial charge in [-0.1, -0.05) is 27.7 Å². The smallest absolute Gasteiger partial charge is 0.0529 e. The Morgan fingerprint density at radius 3 is 2.50 bits per heavy atom. The molecule has 2 nitrogen and oxygen atoms in total. The highest BCUT2D eigenvalue weighted by Crippen LogP contribution is 2.29. The number of rotatable bonds is 7. The van der Waals surface area contributed by atoms with Gasteiger partial charge in [0.15, 0.2) is 0 Å². The Kier molecular flexibility index (Phi) is 4.39. The van der Waals surface area contributed by atoms with E-state index in [-0.39, 0.29) is 5.41 Å². The molecule has 0 aromatic carbocycles. The minimum Gasteiger partial charge on any atom is -0.381 e. The van der Waals surface area contributed by atoms with Gasteiger partial charge in [-0.15, -0.1) is 0 Å². The minimum absolute atomic E-state index is 0.263. The quantitative estimate of drug-likeness (QED) is 0.680. The summed E-state index contributed by atoms with van der Waals surface area (Å²) in [7, 11) is 0. The maximum absolute atomic E-state index is 5.71. The topological polar surface area (TPSA) is 21.3 Å². The summed E-state index contributed by atoms with van der Waals surface area (Å²) >= 11 is 0. The fourth-order valence-electron chi connectivity index (χ4n) is 1.32. The summed E-state index contributed by atoms with van der Waals surface area (Å²) in [5, 5.41) is 3.46. The van der Waals surface area contributed by atoms with Gasteiger partial charge in [0.25, 0.3) is 0 Å². The van der Waals surface area contributed by atoms with Gasteiger partial charge in [0.2, 0.25) is 0 Å².